The van der Waals surface area contributed by atoms with Gasteiger partial charge in [0, 0.05) is 12.4 Å². The quantitative estimate of drug-likeness (QED) is 0.859. The fourth-order valence-corrected chi connectivity index (χ4v) is 2.62. The van der Waals surface area contributed by atoms with Gasteiger partial charge in [0.15, 0.2) is 0 Å². The number of benzene rings is 1. The van der Waals surface area contributed by atoms with E-state index in [1.54, 1.807) is 24.5 Å². The van der Waals surface area contributed by atoms with Crippen LogP contribution in [0.1, 0.15) is 42.5 Å². The molecule has 3 rings (SSSR count). The van der Waals surface area contributed by atoms with Crippen LogP contribution in [0.5, 0.6) is 5.75 Å². The Balaban J connectivity index is 1.82. The molecule has 104 valence electrons. The molecule has 0 N–H and O–H groups in total. The van der Waals surface area contributed by atoms with Gasteiger partial charge in [-0.1, -0.05) is 18.6 Å². The number of hydrogen-bond donors (Lipinski definition) is 0. The first-order valence-corrected chi connectivity index (χ1v) is 7.14. The molecule has 0 atom stereocenters. The van der Waals surface area contributed by atoms with Gasteiger partial charge >= 0.3 is 0 Å². The van der Waals surface area contributed by atoms with Crippen molar-refractivity contribution in [2.75, 3.05) is 0 Å². The standard InChI is InChI=1S/C16H18N2O2/c19-16(18-12-6-11-17-18)14-9-4-5-10-15(14)20-13-7-2-1-3-8-13/h4-6,9-13H,1-3,7-8H2. The van der Waals surface area contributed by atoms with Gasteiger partial charge in [-0.2, -0.15) is 5.10 Å². The Bertz CT molecular complexity index is 572. The maximum absolute atomic E-state index is 12.4. The molecule has 0 aliphatic heterocycles. The second-order valence-electron chi connectivity index (χ2n) is 5.13. The smallest absolute Gasteiger partial charge is 0.281 e. The van der Waals surface area contributed by atoms with Crippen LogP contribution in [0.15, 0.2) is 42.7 Å². The molecule has 20 heavy (non-hydrogen) atoms. The van der Waals surface area contributed by atoms with E-state index in [-0.39, 0.29) is 12.0 Å². The molecule has 0 spiro atoms. The molecule has 1 aromatic heterocycles. The third kappa shape index (κ3) is 2.74. The number of ether oxygens (including phenoxy) is 1. The van der Waals surface area contributed by atoms with Crippen molar-refractivity contribution in [1.29, 1.82) is 0 Å². The third-order valence-corrected chi connectivity index (χ3v) is 3.68. The number of hydrogen-bond acceptors (Lipinski definition) is 3. The van der Waals surface area contributed by atoms with Crippen molar-refractivity contribution in [3.63, 3.8) is 0 Å². The second-order valence-corrected chi connectivity index (χ2v) is 5.13. The molecule has 0 radical (unpaired) electrons. The summed E-state index contributed by atoms with van der Waals surface area (Å²) in [6.07, 6.45) is 9.33. The fraction of sp³-hybridized carbons (Fsp3) is 0.375. The highest BCUT2D eigenvalue weighted by molar-refractivity contribution is 5.97. The van der Waals surface area contributed by atoms with Gasteiger partial charge in [-0.25, -0.2) is 4.68 Å². The average molecular weight is 270 g/mol. The largest absolute Gasteiger partial charge is 0.490 e. The highest BCUT2D eigenvalue weighted by Crippen LogP contribution is 2.26. The van der Waals surface area contributed by atoms with Gasteiger partial charge in [-0.3, -0.25) is 4.79 Å². The summed E-state index contributed by atoms with van der Waals surface area (Å²) in [6.45, 7) is 0. The zero-order valence-corrected chi connectivity index (χ0v) is 11.4. The first-order chi connectivity index (χ1) is 9.84. The van der Waals surface area contributed by atoms with Crippen molar-refractivity contribution in [2.45, 2.75) is 38.2 Å². The van der Waals surface area contributed by atoms with E-state index in [9.17, 15) is 4.79 Å². The Hall–Kier alpha value is -2.10. The Labute approximate surface area is 118 Å². The van der Waals surface area contributed by atoms with Crippen molar-refractivity contribution in [3.8, 4) is 5.75 Å². The van der Waals surface area contributed by atoms with Crippen molar-refractivity contribution >= 4 is 5.91 Å². The fourth-order valence-electron chi connectivity index (χ4n) is 2.62. The van der Waals surface area contributed by atoms with E-state index in [1.807, 2.05) is 18.2 Å². The molecule has 0 bridgehead atoms. The second kappa shape index (κ2) is 5.90. The average Bonchev–Trinajstić information content (AvgIpc) is 3.02. The molecular weight excluding hydrogens is 252 g/mol. The van der Waals surface area contributed by atoms with E-state index >= 15 is 0 Å². The Morgan fingerprint density at radius 3 is 2.70 bits per heavy atom. The lowest BCUT2D eigenvalue weighted by molar-refractivity contribution is 0.0933. The van der Waals surface area contributed by atoms with E-state index in [0.717, 1.165) is 12.8 Å². The van der Waals surface area contributed by atoms with Crippen LogP contribution in [-0.4, -0.2) is 21.8 Å². The molecule has 2 aromatic rings. The summed E-state index contributed by atoms with van der Waals surface area (Å²) in [7, 11) is 0. The van der Waals surface area contributed by atoms with Crippen LogP contribution in [0.2, 0.25) is 0 Å². The van der Waals surface area contributed by atoms with E-state index in [4.69, 9.17) is 4.74 Å². The minimum absolute atomic E-state index is 0.151. The normalized spacial score (nSPS) is 16.0. The summed E-state index contributed by atoms with van der Waals surface area (Å²) in [5.74, 6) is 0.515. The van der Waals surface area contributed by atoms with Crippen molar-refractivity contribution in [3.05, 3.63) is 48.3 Å². The lowest BCUT2D eigenvalue weighted by Gasteiger charge is -2.24. The zero-order valence-electron chi connectivity index (χ0n) is 11.4. The zero-order chi connectivity index (χ0) is 13.8. The van der Waals surface area contributed by atoms with Crippen molar-refractivity contribution in [2.24, 2.45) is 0 Å². The van der Waals surface area contributed by atoms with Crippen LogP contribution >= 0.6 is 0 Å². The van der Waals surface area contributed by atoms with Crippen LogP contribution in [0.4, 0.5) is 0 Å². The van der Waals surface area contributed by atoms with Gasteiger partial charge < -0.3 is 4.74 Å². The monoisotopic (exact) mass is 270 g/mol. The number of carbonyl (C=O) groups is 1. The van der Waals surface area contributed by atoms with Crippen LogP contribution in [0.25, 0.3) is 0 Å². The third-order valence-electron chi connectivity index (χ3n) is 3.68. The number of rotatable bonds is 3. The molecule has 1 fully saturated rings. The van der Waals surface area contributed by atoms with E-state index in [2.05, 4.69) is 5.10 Å². The van der Waals surface area contributed by atoms with Crippen LogP contribution in [-0.2, 0) is 0 Å². The molecule has 4 heteroatoms. The van der Waals surface area contributed by atoms with Gasteiger partial charge in [0.1, 0.15) is 5.75 Å². The van der Waals surface area contributed by atoms with Gasteiger partial charge in [0.25, 0.3) is 5.91 Å². The number of nitrogens with zero attached hydrogens (tertiary/aromatic N) is 2. The SMILES string of the molecule is O=C(c1ccccc1OC1CCCCC1)n1cccn1. The summed E-state index contributed by atoms with van der Waals surface area (Å²) < 4.78 is 7.38. The first-order valence-electron chi connectivity index (χ1n) is 7.14. The van der Waals surface area contributed by atoms with Crippen molar-refractivity contribution < 1.29 is 9.53 Å². The molecule has 0 saturated heterocycles. The molecule has 1 heterocycles. The molecule has 1 aliphatic rings. The number of aromatic nitrogens is 2. The Morgan fingerprint density at radius 1 is 1.15 bits per heavy atom. The van der Waals surface area contributed by atoms with Crippen molar-refractivity contribution in [1.82, 2.24) is 9.78 Å². The Kier molecular flexibility index (Phi) is 3.81. The minimum atomic E-state index is -0.151. The molecule has 0 unspecified atom stereocenters. The summed E-state index contributed by atoms with van der Waals surface area (Å²) in [5.41, 5.74) is 0.571. The van der Waals surface area contributed by atoms with Gasteiger partial charge in [0.05, 0.1) is 11.7 Å². The van der Waals surface area contributed by atoms with E-state index in [0.29, 0.717) is 11.3 Å². The summed E-state index contributed by atoms with van der Waals surface area (Å²) >= 11 is 0. The van der Waals surface area contributed by atoms with Crippen LogP contribution in [0, 0.1) is 0 Å². The molecule has 4 nitrogen and oxygen atoms in total. The van der Waals surface area contributed by atoms with Gasteiger partial charge in [-0.15, -0.1) is 0 Å². The maximum Gasteiger partial charge on any atom is 0.281 e. The highest BCUT2D eigenvalue weighted by atomic mass is 16.5. The predicted molar refractivity (Wildman–Crippen MR) is 75.9 cm³/mol. The molecule has 1 aliphatic carbocycles. The highest BCUT2D eigenvalue weighted by Gasteiger charge is 2.19. The van der Waals surface area contributed by atoms with E-state index in [1.165, 1.54) is 23.9 Å². The van der Waals surface area contributed by atoms with Gasteiger partial charge in [0.2, 0.25) is 0 Å². The van der Waals surface area contributed by atoms with Gasteiger partial charge in [-0.05, 0) is 43.9 Å². The lowest BCUT2D eigenvalue weighted by Crippen LogP contribution is -2.22. The number of carbonyl (C=O) groups excluding carboxylic acids is 1. The molecule has 1 aromatic carbocycles. The number of para-hydroxylation sites is 1. The summed E-state index contributed by atoms with van der Waals surface area (Å²) in [5, 5.41) is 3.99. The maximum atomic E-state index is 12.4. The minimum Gasteiger partial charge on any atom is -0.490 e. The molecular formula is C16H18N2O2. The molecule has 1 saturated carbocycles. The predicted octanol–water partition coefficient (Wildman–Crippen LogP) is 3.28. The topological polar surface area (TPSA) is 44.1 Å². The first kappa shape index (κ1) is 12.9. The van der Waals surface area contributed by atoms with E-state index < -0.39 is 0 Å². The molecule has 0 amide bonds. The summed E-state index contributed by atoms with van der Waals surface area (Å²) in [6, 6.07) is 9.15. The Morgan fingerprint density at radius 2 is 1.95 bits per heavy atom. The lowest BCUT2D eigenvalue weighted by atomic mass is 9.97. The summed E-state index contributed by atoms with van der Waals surface area (Å²) in [4.78, 5) is 12.4. The van der Waals surface area contributed by atoms with Crippen LogP contribution in [0.3, 0.4) is 0 Å². The van der Waals surface area contributed by atoms with Crippen LogP contribution < -0.4 is 4.74 Å².